The molecular formula is C12H12N3O2S-. The zero-order valence-corrected chi connectivity index (χ0v) is 10.9. The molecule has 1 heterocycles. The van der Waals surface area contributed by atoms with Gasteiger partial charge in [-0.25, -0.2) is 0 Å². The van der Waals surface area contributed by atoms with E-state index >= 15 is 0 Å². The van der Waals surface area contributed by atoms with Gasteiger partial charge in [0.15, 0.2) is 11.0 Å². The van der Waals surface area contributed by atoms with Gasteiger partial charge in [-0.2, -0.15) is 0 Å². The van der Waals surface area contributed by atoms with E-state index in [0.717, 1.165) is 28.7 Å². The lowest BCUT2D eigenvalue weighted by molar-refractivity contribution is -0.301. The van der Waals surface area contributed by atoms with Gasteiger partial charge < -0.3 is 14.5 Å². The van der Waals surface area contributed by atoms with Crippen LogP contribution >= 0.6 is 11.8 Å². The number of aliphatic carboxylic acids is 1. The van der Waals surface area contributed by atoms with Crippen molar-refractivity contribution in [3.05, 3.63) is 29.8 Å². The molecule has 1 aromatic carbocycles. The number of nitrogens with zero attached hydrogens (tertiary/aromatic N) is 3. The van der Waals surface area contributed by atoms with Crippen LogP contribution in [0.15, 0.2) is 29.4 Å². The Hall–Kier alpha value is -1.82. The molecule has 2 aromatic rings. The van der Waals surface area contributed by atoms with Crippen LogP contribution in [-0.4, -0.2) is 26.5 Å². The summed E-state index contributed by atoms with van der Waals surface area (Å²) >= 11 is 1.10. The summed E-state index contributed by atoms with van der Waals surface area (Å²) in [4.78, 5) is 10.4. The zero-order chi connectivity index (χ0) is 13.1. The quantitative estimate of drug-likeness (QED) is 0.756. The summed E-state index contributed by atoms with van der Waals surface area (Å²) in [7, 11) is 1.82. The van der Waals surface area contributed by atoms with E-state index in [0.29, 0.717) is 5.16 Å². The molecule has 0 radical (unpaired) electrons. The van der Waals surface area contributed by atoms with Crippen LogP contribution in [0.1, 0.15) is 5.56 Å². The number of benzene rings is 1. The summed E-state index contributed by atoms with van der Waals surface area (Å²) in [6.45, 7) is 2.00. The average Bonchev–Trinajstić information content (AvgIpc) is 2.69. The van der Waals surface area contributed by atoms with Crippen molar-refractivity contribution in [2.75, 3.05) is 5.75 Å². The minimum Gasteiger partial charge on any atom is -0.549 e. The molecule has 0 aliphatic carbocycles. The van der Waals surface area contributed by atoms with E-state index in [9.17, 15) is 9.90 Å². The summed E-state index contributed by atoms with van der Waals surface area (Å²) < 4.78 is 1.79. The summed E-state index contributed by atoms with van der Waals surface area (Å²) in [5.41, 5.74) is 2.09. The van der Waals surface area contributed by atoms with Crippen molar-refractivity contribution in [1.82, 2.24) is 14.8 Å². The van der Waals surface area contributed by atoms with Gasteiger partial charge in [-0.05, 0) is 12.5 Å². The van der Waals surface area contributed by atoms with Crippen LogP contribution < -0.4 is 5.11 Å². The normalized spacial score (nSPS) is 10.6. The lowest BCUT2D eigenvalue weighted by Gasteiger charge is -2.06. The number of rotatable bonds is 4. The fourth-order valence-electron chi connectivity index (χ4n) is 1.62. The number of carboxylic acid groups (broad SMARTS) is 1. The lowest BCUT2D eigenvalue weighted by Crippen LogP contribution is -2.24. The molecule has 0 unspecified atom stereocenters. The first-order valence-electron chi connectivity index (χ1n) is 5.37. The number of carbonyl (C=O) groups is 1. The Morgan fingerprint density at radius 2 is 2.11 bits per heavy atom. The molecule has 0 fully saturated rings. The second kappa shape index (κ2) is 5.22. The van der Waals surface area contributed by atoms with Crippen LogP contribution in [0.2, 0.25) is 0 Å². The number of carboxylic acids is 1. The van der Waals surface area contributed by atoms with Crippen LogP contribution in [0.4, 0.5) is 0 Å². The third kappa shape index (κ3) is 2.53. The van der Waals surface area contributed by atoms with Gasteiger partial charge in [-0.3, -0.25) is 0 Å². The highest BCUT2D eigenvalue weighted by Crippen LogP contribution is 2.24. The fourth-order valence-corrected chi connectivity index (χ4v) is 2.25. The van der Waals surface area contributed by atoms with Crippen LogP contribution in [-0.2, 0) is 11.8 Å². The van der Waals surface area contributed by atoms with Gasteiger partial charge in [0.2, 0.25) is 0 Å². The van der Waals surface area contributed by atoms with Crippen molar-refractivity contribution in [2.24, 2.45) is 7.05 Å². The van der Waals surface area contributed by atoms with Gasteiger partial charge in [-0.15, -0.1) is 10.2 Å². The summed E-state index contributed by atoms with van der Waals surface area (Å²) in [5, 5.41) is 19.1. The SMILES string of the molecule is Cc1ccccc1-c1nnc(SCC(=O)[O-])n1C. The third-order valence-electron chi connectivity index (χ3n) is 2.54. The van der Waals surface area contributed by atoms with Gasteiger partial charge >= 0.3 is 0 Å². The largest absolute Gasteiger partial charge is 0.549 e. The van der Waals surface area contributed by atoms with Gasteiger partial charge in [0.05, 0.1) is 5.97 Å². The Balaban J connectivity index is 2.31. The molecule has 0 aliphatic heterocycles. The second-order valence-corrected chi connectivity index (χ2v) is 4.78. The topological polar surface area (TPSA) is 70.8 Å². The van der Waals surface area contributed by atoms with E-state index in [2.05, 4.69) is 10.2 Å². The maximum absolute atomic E-state index is 10.4. The fraction of sp³-hybridized carbons (Fsp3) is 0.250. The predicted octanol–water partition coefficient (Wildman–Crippen LogP) is 0.633. The maximum atomic E-state index is 10.4. The highest BCUT2D eigenvalue weighted by molar-refractivity contribution is 7.99. The predicted molar refractivity (Wildman–Crippen MR) is 66.9 cm³/mol. The van der Waals surface area contributed by atoms with Crippen molar-refractivity contribution < 1.29 is 9.90 Å². The standard InChI is InChI=1S/C12H13N3O2S/c1-8-5-3-4-6-9(8)11-13-14-12(15(11)2)18-7-10(16)17/h3-6H,7H2,1-2H3,(H,16,17)/p-1. The number of carbonyl (C=O) groups excluding carboxylic acids is 1. The Kier molecular flexibility index (Phi) is 3.66. The van der Waals surface area contributed by atoms with Gasteiger partial charge in [0.1, 0.15) is 0 Å². The van der Waals surface area contributed by atoms with Gasteiger partial charge in [-0.1, -0.05) is 36.0 Å². The van der Waals surface area contributed by atoms with E-state index < -0.39 is 5.97 Å². The van der Waals surface area contributed by atoms with Gasteiger partial charge in [0, 0.05) is 18.4 Å². The third-order valence-corrected chi connectivity index (χ3v) is 3.53. The first-order valence-corrected chi connectivity index (χ1v) is 6.36. The Morgan fingerprint density at radius 3 is 2.78 bits per heavy atom. The number of thioether (sulfide) groups is 1. The summed E-state index contributed by atoms with van der Waals surface area (Å²) in [6.07, 6.45) is 0. The number of aryl methyl sites for hydroxylation is 1. The van der Waals surface area contributed by atoms with Crippen molar-refractivity contribution in [3.63, 3.8) is 0 Å². The molecule has 0 N–H and O–H groups in total. The highest BCUT2D eigenvalue weighted by Gasteiger charge is 2.12. The smallest absolute Gasteiger partial charge is 0.191 e. The van der Waals surface area contributed by atoms with Crippen molar-refractivity contribution in [1.29, 1.82) is 0 Å². The van der Waals surface area contributed by atoms with Crippen molar-refractivity contribution >= 4 is 17.7 Å². The minimum absolute atomic E-state index is 0.125. The summed E-state index contributed by atoms with van der Waals surface area (Å²) in [5.74, 6) is -0.505. The molecule has 18 heavy (non-hydrogen) atoms. The monoisotopic (exact) mass is 262 g/mol. The van der Waals surface area contributed by atoms with Crippen molar-refractivity contribution in [2.45, 2.75) is 12.1 Å². The molecule has 0 atom stereocenters. The van der Waals surface area contributed by atoms with Gasteiger partial charge in [0.25, 0.3) is 0 Å². The maximum Gasteiger partial charge on any atom is 0.191 e. The molecule has 5 nitrogen and oxygen atoms in total. The van der Waals surface area contributed by atoms with E-state index in [1.54, 1.807) is 4.57 Å². The molecule has 6 heteroatoms. The first kappa shape index (κ1) is 12.6. The second-order valence-electron chi connectivity index (χ2n) is 3.84. The first-order chi connectivity index (χ1) is 8.59. The average molecular weight is 262 g/mol. The Bertz CT molecular complexity index is 580. The van der Waals surface area contributed by atoms with Crippen LogP contribution in [0.5, 0.6) is 0 Å². The Morgan fingerprint density at radius 1 is 1.39 bits per heavy atom. The van der Waals surface area contributed by atoms with Crippen LogP contribution in [0.3, 0.4) is 0 Å². The molecular weight excluding hydrogens is 250 g/mol. The number of hydrogen-bond donors (Lipinski definition) is 0. The number of aromatic nitrogens is 3. The molecule has 0 saturated heterocycles. The van der Waals surface area contributed by atoms with Crippen LogP contribution in [0.25, 0.3) is 11.4 Å². The molecule has 1 aromatic heterocycles. The molecule has 0 amide bonds. The zero-order valence-electron chi connectivity index (χ0n) is 10.1. The minimum atomic E-state index is -1.11. The van der Waals surface area contributed by atoms with E-state index in [1.165, 1.54) is 0 Å². The molecule has 0 saturated carbocycles. The Labute approximate surface area is 109 Å². The lowest BCUT2D eigenvalue weighted by atomic mass is 10.1. The molecule has 0 bridgehead atoms. The van der Waals surface area contributed by atoms with E-state index in [-0.39, 0.29) is 5.75 Å². The number of hydrogen-bond acceptors (Lipinski definition) is 5. The van der Waals surface area contributed by atoms with E-state index in [4.69, 9.17) is 0 Å². The molecule has 0 spiro atoms. The molecule has 0 aliphatic rings. The molecule has 94 valence electrons. The van der Waals surface area contributed by atoms with Crippen LogP contribution in [0, 0.1) is 6.92 Å². The highest BCUT2D eigenvalue weighted by atomic mass is 32.2. The molecule has 2 rings (SSSR count). The van der Waals surface area contributed by atoms with Crippen molar-refractivity contribution in [3.8, 4) is 11.4 Å². The summed E-state index contributed by atoms with van der Waals surface area (Å²) in [6, 6.07) is 7.86. The van der Waals surface area contributed by atoms with E-state index in [1.807, 2.05) is 38.2 Å².